The zero-order valence-electron chi connectivity index (χ0n) is 8.72. The SMILES string of the molecule is O=C(NCCCC(F)(F)F)c1ccc(Br)nc1. The lowest BCUT2D eigenvalue weighted by Crippen LogP contribution is -2.25. The molecule has 1 rings (SSSR count). The van der Waals surface area contributed by atoms with Gasteiger partial charge in [0.15, 0.2) is 0 Å². The number of halogens is 4. The van der Waals surface area contributed by atoms with E-state index in [2.05, 4.69) is 26.2 Å². The number of hydrogen-bond acceptors (Lipinski definition) is 2. The number of carbonyl (C=O) groups is 1. The molecule has 7 heteroatoms. The third-order valence-electron chi connectivity index (χ3n) is 1.91. The quantitative estimate of drug-likeness (QED) is 0.686. The Morgan fingerprint density at radius 2 is 2.12 bits per heavy atom. The Morgan fingerprint density at radius 3 is 2.65 bits per heavy atom. The predicted molar refractivity (Wildman–Crippen MR) is 59.6 cm³/mol. The van der Waals surface area contributed by atoms with Gasteiger partial charge in [0.1, 0.15) is 4.60 Å². The van der Waals surface area contributed by atoms with Crippen molar-refractivity contribution in [3.63, 3.8) is 0 Å². The van der Waals surface area contributed by atoms with Crippen LogP contribution in [0.15, 0.2) is 22.9 Å². The fourth-order valence-corrected chi connectivity index (χ4v) is 1.34. The average Bonchev–Trinajstić information content (AvgIpc) is 2.24. The molecule has 94 valence electrons. The second kappa shape index (κ2) is 6.00. The van der Waals surface area contributed by atoms with E-state index in [1.807, 2.05) is 0 Å². The van der Waals surface area contributed by atoms with Gasteiger partial charge >= 0.3 is 6.18 Å². The van der Waals surface area contributed by atoms with Gasteiger partial charge in [0, 0.05) is 19.2 Å². The highest BCUT2D eigenvalue weighted by Crippen LogP contribution is 2.20. The van der Waals surface area contributed by atoms with Crippen LogP contribution in [0.1, 0.15) is 23.2 Å². The summed E-state index contributed by atoms with van der Waals surface area (Å²) in [7, 11) is 0. The molecule has 0 radical (unpaired) electrons. The maximum atomic E-state index is 11.8. The molecule has 0 saturated heterocycles. The van der Waals surface area contributed by atoms with E-state index in [0.29, 0.717) is 10.2 Å². The van der Waals surface area contributed by atoms with Gasteiger partial charge in [0.2, 0.25) is 0 Å². The smallest absolute Gasteiger partial charge is 0.352 e. The topological polar surface area (TPSA) is 42.0 Å². The minimum Gasteiger partial charge on any atom is -0.352 e. The highest BCUT2D eigenvalue weighted by atomic mass is 79.9. The van der Waals surface area contributed by atoms with Gasteiger partial charge in [-0.25, -0.2) is 4.98 Å². The fourth-order valence-electron chi connectivity index (χ4n) is 1.10. The van der Waals surface area contributed by atoms with E-state index in [1.54, 1.807) is 6.07 Å². The van der Waals surface area contributed by atoms with Gasteiger partial charge in [-0.3, -0.25) is 4.79 Å². The van der Waals surface area contributed by atoms with Crippen LogP contribution in [0.5, 0.6) is 0 Å². The van der Waals surface area contributed by atoms with Gasteiger partial charge in [-0.2, -0.15) is 13.2 Å². The molecule has 1 aromatic heterocycles. The van der Waals surface area contributed by atoms with Crippen molar-refractivity contribution in [2.75, 3.05) is 6.54 Å². The van der Waals surface area contributed by atoms with E-state index < -0.39 is 18.5 Å². The van der Waals surface area contributed by atoms with Crippen LogP contribution in [0, 0.1) is 0 Å². The maximum absolute atomic E-state index is 11.8. The first-order valence-electron chi connectivity index (χ1n) is 4.85. The Bertz CT molecular complexity index is 378. The van der Waals surface area contributed by atoms with E-state index in [-0.39, 0.29) is 13.0 Å². The van der Waals surface area contributed by atoms with Crippen LogP contribution >= 0.6 is 15.9 Å². The van der Waals surface area contributed by atoms with Crippen LogP contribution in [0.25, 0.3) is 0 Å². The first kappa shape index (κ1) is 14.0. The number of pyridine rings is 1. The van der Waals surface area contributed by atoms with Crippen LogP contribution in [-0.2, 0) is 0 Å². The van der Waals surface area contributed by atoms with Gasteiger partial charge in [-0.05, 0) is 34.5 Å². The normalized spacial score (nSPS) is 11.3. The summed E-state index contributed by atoms with van der Waals surface area (Å²) in [6.07, 6.45) is -3.85. The maximum Gasteiger partial charge on any atom is 0.389 e. The minimum absolute atomic E-state index is 0.00555. The summed E-state index contributed by atoms with van der Waals surface area (Å²) in [4.78, 5) is 15.3. The van der Waals surface area contributed by atoms with E-state index in [9.17, 15) is 18.0 Å². The minimum atomic E-state index is -4.18. The molecular weight excluding hydrogens is 301 g/mol. The fraction of sp³-hybridized carbons (Fsp3) is 0.400. The van der Waals surface area contributed by atoms with E-state index in [1.165, 1.54) is 12.3 Å². The summed E-state index contributed by atoms with van der Waals surface area (Å²) < 4.78 is 36.0. The first-order chi connectivity index (χ1) is 7.88. The molecule has 0 aliphatic carbocycles. The average molecular weight is 311 g/mol. The monoisotopic (exact) mass is 310 g/mol. The second-order valence-electron chi connectivity index (χ2n) is 3.34. The van der Waals surface area contributed by atoms with Gasteiger partial charge < -0.3 is 5.32 Å². The summed E-state index contributed by atoms with van der Waals surface area (Å²) in [5.74, 6) is -0.424. The van der Waals surface area contributed by atoms with Gasteiger partial charge in [0.05, 0.1) is 5.56 Å². The number of carbonyl (C=O) groups excluding carboxylic acids is 1. The number of hydrogen-bond donors (Lipinski definition) is 1. The highest BCUT2D eigenvalue weighted by molar-refractivity contribution is 9.10. The molecule has 1 amide bonds. The molecule has 0 aromatic carbocycles. The molecule has 0 atom stereocenters. The Morgan fingerprint density at radius 1 is 1.41 bits per heavy atom. The lowest BCUT2D eigenvalue weighted by molar-refractivity contribution is -0.135. The van der Waals surface area contributed by atoms with E-state index in [4.69, 9.17) is 0 Å². The molecule has 0 aliphatic rings. The zero-order valence-corrected chi connectivity index (χ0v) is 10.3. The summed E-state index contributed by atoms with van der Waals surface area (Å²) in [6.45, 7) is -0.00555. The number of amides is 1. The van der Waals surface area contributed by atoms with Crippen molar-refractivity contribution in [1.82, 2.24) is 10.3 Å². The summed E-state index contributed by atoms with van der Waals surface area (Å²) in [5.41, 5.74) is 0.320. The van der Waals surface area contributed by atoms with Gasteiger partial charge in [-0.1, -0.05) is 0 Å². The first-order valence-corrected chi connectivity index (χ1v) is 5.64. The molecule has 0 fully saturated rings. The Balaban J connectivity index is 2.33. The Kier molecular flexibility index (Phi) is 4.92. The third-order valence-corrected chi connectivity index (χ3v) is 2.38. The van der Waals surface area contributed by atoms with Crippen molar-refractivity contribution in [2.45, 2.75) is 19.0 Å². The van der Waals surface area contributed by atoms with Gasteiger partial charge in [-0.15, -0.1) is 0 Å². The molecular formula is C10H10BrF3N2O. The van der Waals surface area contributed by atoms with Crippen LogP contribution < -0.4 is 5.32 Å². The van der Waals surface area contributed by atoms with Crippen molar-refractivity contribution >= 4 is 21.8 Å². The number of alkyl halides is 3. The lowest BCUT2D eigenvalue weighted by atomic mass is 10.2. The third kappa shape index (κ3) is 5.67. The molecule has 0 unspecified atom stereocenters. The predicted octanol–water partition coefficient (Wildman–Crippen LogP) is 2.92. The van der Waals surface area contributed by atoms with Crippen LogP contribution in [0.3, 0.4) is 0 Å². The number of aromatic nitrogens is 1. The van der Waals surface area contributed by atoms with E-state index in [0.717, 1.165) is 0 Å². The zero-order chi connectivity index (χ0) is 12.9. The Labute approximate surface area is 105 Å². The highest BCUT2D eigenvalue weighted by Gasteiger charge is 2.25. The standard InChI is InChI=1S/C10H10BrF3N2O/c11-8-3-2-7(6-16-8)9(17)15-5-1-4-10(12,13)14/h2-3,6H,1,4-5H2,(H,15,17). The molecule has 1 N–H and O–H groups in total. The van der Waals surface area contributed by atoms with Crippen molar-refractivity contribution in [3.05, 3.63) is 28.5 Å². The summed E-state index contributed by atoms with van der Waals surface area (Å²) >= 11 is 3.11. The molecule has 1 aromatic rings. The van der Waals surface area contributed by atoms with Crippen LogP contribution in [0.2, 0.25) is 0 Å². The number of nitrogens with one attached hydrogen (secondary N) is 1. The van der Waals surface area contributed by atoms with Crippen LogP contribution in [-0.4, -0.2) is 23.6 Å². The second-order valence-corrected chi connectivity index (χ2v) is 4.16. The van der Waals surface area contributed by atoms with Crippen molar-refractivity contribution in [3.8, 4) is 0 Å². The molecule has 1 heterocycles. The van der Waals surface area contributed by atoms with Gasteiger partial charge in [0.25, 0.3) is 5.91 Å². The Hall–Kier alpha value is -1.11. The molecule has 3 nitrogen and oxygen atoms in total. The van der Waals surface area contributed by atoms with Crippen molar-refractivity contribution in [1.29, 1.82) is 0 Å². The molecule has 0 spiro atoms. The molecule has 0 bridgehead atoms. The lowest BCUT2D eigenvalue weighted by Gasteiger charge is -2.07. The summed E-state index contributed by atoms with van der Waals surface area (Å²) in [5, 5.41) is 2.40. The largest absolute Gasteiger partial charge is 0.389 e. The molecule has 17 heavy (non-hydrogen) atoms. The number of nitrogens with zero attached hydrogens (tertiary/aromatic N) is 1. The van der Waals surface area contributed by atoms with Crippen molar-refractivity contribution in [2.24, 2.45) is 0 Å². The molecule has 0 saturated carbocycles. The molecule has 0 aliphatic heterocycles. The van der Waals surface area contributed by atoms with Crippen molar-refractivity contribution < 1.29 is 18.0 Å². The number of rotatable bonds is 4. The van der Waals surface area contributed by atoms with E-state index >= 15 is 0 Å². The summed E-state index contributed by atoms with van der Waals surface area (Å²) in [6, 6.07) is 3.13. The van der Waals surface area contributed by atoms with Crippen LogP contribution in [0.4, 0.5) is 13.2 Å².